The van der Waals surface area contributed by atoms with Crippen LogP contribution in [0.3, 0.4) is 0 Å². The smallest absolute Gasteiger partial charge is 0.0547 e. The first-order chi connectivity index (χ1) is 54.2. The first-order valence-electron chi connectivity index (χ1n) is 43.7. The summed E-state index contributed by atoms with van der Waals surface area (Å²) in [4.78, 5) is 16.6. The second-order valence-electron chi connectivity index (χ2n) is 39.1. The van der Waals surface area contributed by atoms with E-state index >= 15 is 0 Å². The van der Waals surface area contributed by atoms with Crippen LogP contribution in [-0.4, -0.2) is 220 Å². The van der Waals surface area contributed by atoms with E-state index in [1.165, 1.54) is 185 Å². The van der Waals surface area contributed by atoms with Crippen LogP contribution in [0.4, 0.5) is 5.69 Å². The molecule has 0 bridgehead atoms. The number of nitrogens with zero attached hydrogens (tertiary/aromatic N) is 10. The van der Waals surface area contributed by atoms with Gasteiger partial charge in [0.2, 0.25) is 0 Å². The zero-order valence-corrected chi connectivity index (χ0v) is 78.9. The highest BCUT2D eigenvalue weighted by molar-refractivity contribution is 7.74. The van der Waals surface area contributed by atoms with E-state index in [0.29, 0.717) is 39.7 Å². The normalized spacial score (nSPS) is 25.2. The summed E-state index contributed by atoms with van der Waals surface area (Å²) in [6.45, 7) is 21.9. The van der Waals surface area contributed by atoms with Crippen LogP contribution in [0.15, 0.2) is 206 Å². The Hall–Kier alpha value is -4.73. The fourth-order valence-corrected chi connectivity index (χ4v) is 28.2. The molecule has 0 N–H and O–H groups in total. The Labute approximate surface area is 703 Å². The van der Waals surface area contributed by atoms with Crippen LogP contribution in [0.2, 0.25) is 0 Å². The van der Waals surface area contributed by atoms with Crippen LogP contribution < -0.4 is 36.5 Å². The van der Waals surface area contributed by atoms with Gasteiger partial charge < -0.3 is 39.0 Å². The Morgan fingerprint density at radius 3 is 1.16 bits per heavy atom. The Bertz CT molecular complexity index is 3650. The predicted molar refractivity (Wildman–Crippen MR) is 508 cm³/mol. The minimum atomic E-state index is -0.694. The molecule has 5 aliphatic carbocycles. The molecule has 0 aliphatic heterocycles. The Kier molecular flexibility index (Phi) is 37.9. The SMILES string of the molecule is CC(C)C1CCC(C)(CN(C)C)CC1N(C)C.CN(C)CC1(C)CC(N(C)C)CC(C)(C)C1.CN(C)CC1(C)CCCC(N(C)P(c2ccccc2)c2ccccc2)C1.CN(C)CC1CCCC(N(C)C)C1.CN(c1ccccc1C1CCCC(N(C)P(c2ccccc2)c2ccccc2)C1)P(c1ccccc1)c1ccccc1. The van der Waals surface area contributed by atoms with E-state index in [1.54, 1.807) is 0 Å². The van der Waals surface area contributed by atoms with Gasteiger partial charge in [-0.25, -0.2) is 0 Å². The molecule has 10 nitrogen and oxygen atoms in total. The predicted octanol–water partition coefficient (Wildman–Crippen LogP) is 20.0. The quantitative estimate of drug-likeness (QED) is 0.0516. The highest BCUT2D eigenvalue weighted by atomic mass is 31.1. The molecule has 0 radical (unpaired) electrons. The third-order valence-corrected chi connectivity index (χ3v) is 33.0. The van der Waals surface area contributed by atoms with E-state index in [4.69, 9.17) is 0 Å². The summed E-state index contributed by atoms with van der Waals surface area (Å²) in [7, 11) is 36.2. The molecule has 5 fully saturated rings. The summed E-state index contributed by atoms with van der Waals surface area (Å²) in [5, 5.41) is 8.54. The maximum absolute atomic E-state index is 2.72. The maximum atomic E-state index is 2.72. The Morgan fingerprint density at radius 1 is 0.342 bits per heavy atom. The lowest BCUT2D eigenvalue weighted by atomic mass is 9.62. The molecule has 11 unspecified atom stereocenters. The molecule has 13 heteroatoms. The number of rotatable bonds is 25. The first-order valence-corrected chi connectivity index (χ1v) is 47.6. The van der Waals surface area contributed by atoms with Crippen molar-refractivity contribution in [3.8, 4) is 0 Å². The van der Waals surface area contributed by atoms with Crippen molar-refractivity contribution in [3.63, 3.8) is 0 Å². The Morgan fingerprint density at radius 2 is 0.728 bits per heavy atom. The monoisotopic (exact) mass is 1610 g/mol. The van der Waals surface area contributed by atoms with Gasteiger partial charge in [-0.3, -0.25) is 9.34 Å². The van der Waals surface area contributed by atoms with Crippen molar-refractivity contribution in [2.24, 2.45) is 39.4 Å². The summed E-state index contributed by atoms with van der Waals surface area (Å²) in [5.74, 6) is 3.15. The Balaban J connectivity index is 0.000000193. The van der Waals surface area contributed by atoms with Crippen LogP contribution >= 0.6 is 24.2 Å². The van der Waals surface area contributed by atoms with Crippen molar-refractivity contribution < 1.29 is 0 Å². The average molecular weight is 1610 g/mol. The summed E-state index contributed by atoms with van der Waals surface area (Å²) in [5.41, 5.74) is 4.76. The van der Waals surface area contributed by atoms with Gasteiger partial charge in [0.05, 0.1) is 8.07 Å². The first kappa shape index (κ1) is 94.8. The lowest BCUT2D eigenvalue weighted by molar-refractivity contribution is 0.0188. The van der Waals surface area contributed by atoms with Gasteiger partial charge >= 0.3 is 0 Å². The molecular formula is C101H159N10P3. The van der Waals surface area contributed by atoms with Crippen molar-refractivity contribution in [3.05, 3.63) is 212 Å². The van der Waals surface area contributed by atoms with Crippen molar-refractivity contribution in [2.75, 3.05) is 151 Å². The van der Waals surface area contributed by atoms with E-state index in [-0.39, 0.29) is 0 Å². The third-order valence-electron chi connectivity index (χ3n) is 25.6. The summed E-state index contributed by atoms with van der Waals surface area (Å²) in [6.07, 6.45) is 24.0. The van der Waals surface area contributed by atoms with Gasteiger partial charge in [-0.05, 0) is 287 Å². The van der Waals surface area contributed by atoms with E-state index in [2.05, 4.69) is 423 Å². The third kappa shape index (κ3) is 29.0. The molecule has 0 saturated heterocycles. The van der Waals surface area contributed by atoms with Gasteiger partial charge in [0, 0.05) is 95.9 Å². The second kappa shape index (κ2) is 45.6. The number of anilines is 1. The molecule has 11 atom stereocenters. The summed E-state index contributed by atoms with van der Waals surface area (Å²) >= 11 is 0. The largest absolute Gasteiger partial charge is 0.346 e. The lowest BCUT2D eigenvalue weighted by Crippen LogP contribution is -2.48. The molecule has 12 rings (SSSR count). The minimum Gasteiger partial charge on any atom is -0.346 e. The van der Waals surface area contributed by atoms with Gasteiger partial charge in [-0.15, -0.1) is 0 Å². The molecule has 0 aromatic heterocycles. The molecule has 0 heterocycles. The lowest BCUT2D eigenvalue weighted by Gasteiger charge is -2.49. The second-order valence-corrected chi connectivity index (χ2v) is 45.9. The standard InChI is InChI=1S/C38H40N2P2.C23H33N2P.C15H32N2.C14H30N2.C11H24N2/c1-39(41(33-20-7-3-8-21-33)34-22-9-4-10-23-34)32-19-17-18-31(30-32)37-28-15-16-29-38(37)40(2)42(35-24-11-5-12-25-35)36-26-13-6-14-27-36;1-23(19-24(2)3)17-11-12-20(18-23)25(4)26(21-13-7-5-8-14-21)22-15-9-6-10-16-22;1-12(2)13-8-9-15(3,11-16(4)5)10-14(13)17(6)7;1-13(2)8-12(16(6)7)9-14(3,10-13)11-15(4)5;1-12(2)9-10-6-5-7-11(8-10)13(3)4/h3-16,20-29,31-32H,17-19,30H2,1-2H3;5-10,13-16,20H,11-12,17-19H2,1-4H3;12-14H,8-11H2,1-7H3;12H,8-11H2,1-7H3;10-11H,5-9H2,1-4H3. The molecule has 114 heavy (non-hydrogen) atoms. The van der Waals surface area contributed by atoms with Crippen LogP contribution in [0.25, 0.3) is 0 Å². The molecule has 628 valence electrons. The summed E-state index contributed by atoms with van der Waals surface area (Å²) < 4.78 is 8.00. The van der Waals surface area contributed by atoms with Gasteiger partial charge in [-0.2, -0.15) is 0 Å². The molecule has 7 aromatic carbocycles. The van der Waals surface area contributed by atoms with Crippen molar-refractivity contribution in [1.82, 2.24) is 43.6 Å². The number of para-hydroxylation sites is 1. The number of benzene rings is 7. The number of hydrogen-bond acceptors (Lipinski definition) is 10. The molecule has 5 saturated carbocycles. The highest BCUT2D eigenvalue weighted by Crippen LogP contribution is 2.52. The van der Waals surface area contributed by atoms with Crippen molar-refractivity contribution in [1.29, 1.82) is 0 Å². The average Bonchev–Trinajstić information content (AvgIpc) is 0.784. The topological polar surface area (TPSA) is 32.4 Å². The highest BCUT2D eigenvalue weighted by Gasteiger charge is 2.44. The van der Waals surface area contributed by atoms with Crippen molar-refractivity contribution >= 4 is 61.7 Å². The molecular weight excluding hydrogens is 1450 g/mol. The van der Waals surface area contributed by atoms with Crippen LogP contribution in [0.1, 0.15) is 176 Å². The van der Waals surface area contributed by atoms with E-state index in [0.717, 1.165) is 35.9 Å². The van der Waals surface area contributed by atoms with E-state index < -0.39 is 24.2 Å². The molecule has 7 aromatic rings. The van der Waals surface area contributed by atoms with E-state index in [1.807, 2.05) is 0 Å². The number of hydrogen-bond donors (Lipinski definition) is 0. The van der Waals surface area contributed by atoms with E-state index in [9.17, 15) is 0 Å². The van der Waals surface area contributed by atoms with Crippen LogP contribution in [0, 0.1) is 39.4 Å². The van der Waals surface area contributed by atoms with Crippen molar-refractivity contribution in [2.45, 2.75) is 200 Å². The van der Waals surface area contributed by atoms with Crippen LogP contribution in [-0.2, 0) is 0 Å². The van der Waals surface area contributed by atoms with Gasteiger partial charge in [0.25, 0.3) is 0 Å². The molecule has 5 aliphatic rings. The summed E-state index contributed by atoms with van der Waals surface area (Å²) in [6, 6.07) is 79.3. The molecule has 0 amide bonds. The van der Waals surface area contributed by atoms with Gasteiger partial charge in [-0.1, -0.05) is 268 Å². The minimum absolute atomic E-state index is 0.426. The van der Waals surface area contributed by atoms with Gasteiger partial charge in [0.1, 0.15) is 0 Å². The van der Waals surface area contributed by atoms with Crippen LogP contribution in [0.5, 0.6) is 0 Å². The fraction of sp³-hybridized carbons (Fsp3) is 0.584. The zero-order valence-electron chi connectivity index (χ0n) is 76.2. The fourth-order valence-electron chi connectivity index (χ4n) is 21.0. The maximum Gasteiger partial charge on any atom is 0.0547 e. The van der Waals surface area contributed by atoms with Gasteiger partial charge in [0.15, 0.2) is 0 Å². The zero-order chi connectivity index (χ0) is 82.9. The molecule has 0 spiro atoms.